The van der Waals surface area contributed by atoms with Crippen molar-refractivity contribution in [3.8, 4) is 0 Å². The van der Waals surface area contributed by atoms with Crippen molar-refractivity contribution in [1.82, 2.24) is 9.91 Å². The smallest absolute Gasteiger partial charge is 0.262 e. The molecule has 0 aliphatic carbocycles. The third-order valence-corrected chi connectivity index (χ3v) is 2.28. The van der Waals surface area contributed by atoms with Gasteiger partial charge in [0.05, 0.1) is 6.04 Å². The van der Waals surface area contributed by atoms with Gasteiger partial charge < -0.3 is 10.6 Å². The predicted molar refractivity (Wildman–Crippen MR) is 57.5 cm³/mol. The van der Waals surface area contributed by atoms with E-state index in [1.807, 2.05) is 19.9 Å². The zero-order valence-corrected chi connectivity index (χ0v) is 8.84. The highest BCUT2D eigenvalue weighted by molar-refractivity contribution is 6.00. The molecule has 80 valence electrons. The van der Waals surface area contributed by atoms with E-state index in [1.54, 1.807) is 17.2 Å². The van der Waals surface area contributed by atoms with Crippen LogP contribution in [0.1, 0.15) is 13.8 Å². The maximum absolute atomic E-state index is 11.7. The number of hydrogen-bond donors (Lipinski definition) is 1. The lowest BCUT2D eigenvalue weighted by atomic mass is 10.2. The minimum Gasteiger partial charge on any atom is -0.398 e. The van der Waals surface area contributed by atoms with Crippen LogP contribution in [0, 0.1) is 0 Å². The number of nitrogens with zero attached hydrogens (tertiary/aromatic N) is 3. The Labute approximate surface area is 88.5 Å². The van der Waals surface area contributed by atoms with E-state index in [4.69, 9.17) is 5.73 Å². The van der Waals surface area contributed by atoms with Gasteiger partial charge in [0.2, 0.25) is 0 Å². The predicted octanol–water partition coefficient (Wildman–Crippen LogP) is 0.222. The van der Waals surface area contributed by atoms with Gasteiger partial charge in [-0.05, 0) is 26.0 Å². The second kappa shape index (κ2) is 3.42. The number of nitrogens with two attached hydrogens (primary N) is 1. The molecular weight excluding hydrogens is 192 g/mol. The molecule has 0 bridgehead atoms. The van der Waals surface area contributed by atoms with Crippen molar-refractivity contribution in [1.29, 1.82) is 0 Å². The summed E-state index contributed by atoms with van der Waals surface area (Å²) in [6.07, 6.45) is 5.33. The van der Waals surface area contributed by atoms with Gasteiger partial charge >= 0.3 is 0 Å². The van der Waals surface area contributed by atoms with Crippen LogP contribution < -0.4 is 5.73 Å². The fraction of sp³-hybridized carbons (Fsp3) is 0.400. The summed E-state index contributed by atoms with van der Waals surface area (Å²) < 4.78 is 0. The standard InChI is InChI=1S/C10H14N4O/c1-7(2)14-10(15)6-13-5-8(11)3-4-9(13)12-14/h3-5,7H,6,11H2,1-2H3. The number of hydrogen-bond acceptors (Lipinski definition) is 4. The number of carbonyl (C=O) groups excluding carboxylic acids is 1. The molecule has 2 N–H and O–H groups in total. The Morgan fingerprint density at radius 3 is 2.87 bits per heavy atom. The molecule has 0 unspecified atom stereocenters. The molecule has 0 fully saturated rings. The van der Waals surface area contributed by atoms with Crippen LogP contribution in [0.4, 0.5) is 0 Å². The average molecular weight is 206 g/mol. The number of amides is 1. The first-order chi connectivity index (χ1) is 7.08. The van der Waals surface area contributed by atoms with Crippen LogP contribution >= 0.6 is 0 Å². The van der Waals surface area contributed by atoms with Crippen molar-refractivity contribution < 1.29 is 4.79 Å². The molecule has 15 heavy (non-hydrogen) atoms. The van der Waals surface area contributed by atoms with E-state index in [9.17, 15) is 4.79 Å². The first kappa shape index (κ1) is 9.76. The second-order valence-corrected chi connectivity index (χ2v) is 3.88. The summed E-state index contributed by atoms with van der Waals surface area (Å²) in [5.74, 6) is 0.755. The molecular formula is C10H14N4O. The van der Waals surface area contributed by atoms with Crippen LogP contribution in [0.3, 0.4) is 0 Å². The number of hydrazone groups is 1. The first-order valence-corrected chi connectivity index (χ1v) is 4.90. The summed E-state index contributed by atoms with van der Waals surface area (Å²) in [7, 11) is 0. The van der Waals surface area contributed by atoms with E-state index in [2.05, 4.69) is 5.10 Å². The summed E-state index contributed by atoms with van der Waals surface area (Å²) in [6, 6.07) is 0.0869. The SMILES string of the molecule is CC(C)N1N=C2C=CC(N)=CN2CC1=O. The van der Waals surface area contributed by atoms with E-state index in [1.165, 1.54) is 5.01 Å². The number of amidine groups is 1. The zero-order chi connectivity index (χ0) is 11.0. The van der Waals surface area contributed by atoms with E-state index >= 15 is 0 Å². The van der Waals surface area contributed by atoms with E-state index in [-0.39, 0.29) is 11.9 Å². The minimum atomic E-state index is -0.00639. The monoisotopic (exact) mass is 206 g/mol. The Morgan fingerprint density at radius 1 is 1.47 bits per heavy atom. The van der Waals surface area contributed by atoms with Crippen molar-refractivity contribution >= 4 is 11.7 Å². The summed E-state index contributed by atoms with van der Waals surface area (Å²) in [4.78, 5) is 13.4. The molecule has 2 aliphatic heterocycles. The summed E-state index contributed by atoms with van der Waals surface area (Å²) in [6.45, 7) is 4.19. The lowest BCUT2D eigenvalue weighted by Gasteiger charge is -2.33. The quantitative estimate of drug-likeness (QED) is 0.667. The molecule has 2 heterocycles. The van der Waals surface area contributed by atoms with Gasteiger partial charge in [-0.1, -0.05) is 0 Å². The highest BCUT2D eigenvalue weighted by Crippen LogP contribution is 2.14. The number of allylic oxidation sites excluding steroid dienone is 1. The molecule has 5 nitrogen and oxygen atoms in total. The lowest BCUT2D eigenvalue weighted by Crippen LogP contribution is -2.47. The zero-order valence-electron chi connectivity index (χ0n) is 8.84. The minimum absolute atomic E-state index is 0.00639. The molecule has 1 amide bonds. The maximum atomic E-state index is 11.7. The fourth-order valence-corrected chi connectivity index (χ4v) is 1.56. The van der Waals surface area contributed by atoms with Crippen LogP contribution in [-0.4, -0.2) is 34.2 Å². The summed E-state index contributed by atoms with van der Waals surface area (Å²) in [5.41, 5.74) is 6.27. The molecule has 0 aromatic heterocycles. The molecule has 0 saturated heterocycles. The van der Waals surface area contributed by atoms with E-state index in [0.29, 0.717) is 12.2 Å². The van der Waals surface area contributed by atoms with Crippen LogP contribution in [-0.2, 0) is 4.79 Å². The highest BCUT2D eigenvalue weighted by Gasteiger charge is 2.27. The van der Waals surface area contributed by atoms with Crippen LogP contribution in [0.5, 0.6) is 0 Å². The molecule has 0 spiro atoms. The van der Waals surface area contributed by atoms with Crippen LogP contribution in [0.25, 0.3) is 0 Å². The van der Waals surface area contributed by atoms with Crippen molar-refractivity contribution in [2.75, 3.05) is 6.54 Å². The Bertz CT molecular complexity index is 381. The van der Waals surface area contributed by atoms with Gasteiger partial charge in [-0.2, -0.15) is 5.10 Å². The summed E-state index contributed by atoms with van der Waals surface area (Å²) >= 11 is 0. The normalized spacial score (nSPS) is 20.3. The molecule has 0 aromatic rings. The largest absolute Gasteiger partial charge is 0.398 e. The van der Waals surface area contributed by atoms with E-state index in [0.717, 1.165) is 5.84 Å². The highest BCUT2D eigenvalue weighted by atomic mass is 16.2. The lowest BCUT2D eigenvalue weighted by molar-refractivity contribution is -0.134. The van der Waals surface area contributed by atoms with Gasteiger partial charge in [0.1, 0.15) is 6.54 Å². The molecule has 0 atom stereocenters. The number of carbonyl (C=O) groups is 1. The Morgan fingerprint density at radius 2 is 2.20 bits per heavy atom. The molecule has 2 rings (SSSR count). The fourth-order valence-electron chi connectivity index (χ4n) is 1.56. The van der Waals surface area contributed by atoms with Gasteiger partial charge in [-0.25, -0.2) is 5.01 Å². The van der Waals surface area contributed by atoms with E-state index < -0.39 is 0 Å². The van der Waals surface area contributed by atoms with Gasteiger partial charge in [0, 0.05) is 11.9 Å². The first-order valence-electron chi connectivity index (χ1n) is 4.90. The maximum Gasteiger partial charge on any atom is 0.262 e. The third-order valence-electron chi connectivity index (χ3n) is 2.28. The Hall–Kier alpha value is -1.78. The van der Waals surface area contributed by atoms with Crippen LogP contribution in [0.2, 0.25) is 0 Å². The number of rotatable bonds is 1. The van der Waals surface area contributed by atoms with Gasteiger partial charge in [-0.15, -0.1) is 0 Å². The molecule has 0 saturated carbocycles. The van der Waals surface area contributed by atoms with Gasteiger partial charge in [0.25, 0.3) is 5.91 Å². The molecule has 5 heteroatoms. The van der Waals surface area contributed by atoms with Crippen molar-refractivity contribution in [2.24, 2.45) is 10.8 Å². The number of fused-ring (bicyclic) bond motifs is 1. The molecule has 0 aromatic carbocycles. The van der Waals surface area contributed by atoms with Crippen molar-refractivity contribution in [3.05, 3.63) is 24.0 Å². The van der Waals surface area contributed by atoms with Crippen molar-refractivity contribution in [2.45, 2.75) is 19.9 Å². The van der Waals surface area contributed by atoms with Gasteiger partial charge in [-0.3, -0.25) is 4.79 Å². The van der Waals surface area contributed by atoms with Gasteiger partial charge in [0.15, 0.2) is 5.84 Å². The van der Waals surface area contributed by atoms with Crippen molar-refractivity contribution in [3.63, 3.8) is 0 Å². The summed E-state index contributed by atoms with van der Waals surface area (Å²) in [5, 5.41) is 5.76. The van der Waals surface area contributed by atoms with Crippen LogP contribution in [0.15, 0.2) is 29.2 Å². The Balaban J connectivity index is 2.31. The topological polar surface area (TPSA) is 61.9 Å². The second-order valence-electron chi connectivity index (χ2n) is 3.88. The molecule has 0 radical (unpaired) electrons. The Kier molecular flexibility index (Phi) is 2.22. The third kappa shape index (κ3) is 1.72. The average Bonchev–Trinajstić information content (AvgIpc) is 2.15. The molecule has 2 aliphatic rings.